The first-order chi connectivity index (χ1) is 7.58. The first-order valence-corrected chi connectivity index (χ1v) is 5.63. The van der Waals surface area contributed by atoms with Crippen LogP contribution in [0.25, 0.3) is 10.9 Å². The Bertz CT molecular complexity index is 571. The maximum Gasteiger partial charge on any atom is 0.149 e. The minimum Gasteiger partial charge on any atom is -0.319 e. The number of hydrogen-bond acceptors (Lipinski definition) is 3. The number of hydrogen-bond donors (Lipinski definition) is 1. The third kappa shape index (κ3) is 1.39. The maximum absolute atomic E-state index is 6.13. The zero-order chi connectivity index (χ0) is 11.3. The topological polar surface area (TPSA) is 51.8 Å². The molecule has 16 heavy (non-hydrogen) atoms. The largest absolute Gasteiger partial charge is 0.319 e. The molecule has 82 valence electrons. The smallest absolute Gasteiger partial charge is 0.149 e. The Morgan fingerprint density at radius 1 is 1.19 bits per heavy atom. The molecule has 1 aromatic heterocycles. The van der Waals surface area contributed by atoms with Gasteiger partial charge in [-0.25, -0.2) is 9.97 Å². The van der Waals surface area contributed by atoms with Crippen molar-refractivity contribution < 1.29 is 0 Å². The predicted molar refractivity (Wildman–Crippen MR) is 64.1 cm³/mol. The van der Waals surface area contributed by atoms with Crippen LogP contribution in [0.3, 0.4) is 0 Å². The van der Waals surface area contributed by atoms with Gasteiger partial charge in [0.15, 0.2) is 0 Å². The molecule has 1 heterocycles. The van der Waals surface area contributed by atoms with E-state index in [1.807, 2.05) is 6.92 Å². The van der Waals surface area contributed by atoms with Crippen molar-refractivity contribution in [3.8, 4) is 0 Å². The highest BCUT2D eigenvalue weighted by Crippen LogP contribution is 2.41. The second-order valence-corrected chi connectivity index (χ2v) is 4.81. The highest BCUT2D eigenvalue weighted by Gasteiger charge is 2.43. The molecule has 1 saturated carbocycles. The first-order valence-electron chi connectivity index (χ1n) is 5.63. The fraction of sp³-hybridized carbons (Fsp3) is 0.385. The van der Waals surface area contributed by atoms with Gasteiger partial charge in [-0.2, -0.15) is 0 Å². The van der Waals surface area contributed by atoms with Gasteiger partial charge in [0, 0.05) is 11.1 Å². The summed E-state index contributed by atoms with van der Waals surface area (Å²) in [6, 6.07) is 6.26. The predicted octanol–water partition coefficient (Wildman–Crippen LogP) is 2.19. The molecule has 0 bridgehead atoms. The van der Waals surface area contributed by atoms with Crippen LogP contribution in [0.4, 0.5) is 0 Å². The van der Waals surface area contributed by atoms with Gasteiger partial charge in [-0.1, -0.05) is 11.6 Å². The molecular weight excluding hydrogens is 198 g/mol. The molecule has 0 amide bonds. The van der Waals surface area contributed by atoms with Gasteiger partial charge in [0.2, 0.25) is 0 Å². The van der Waals surface area contributed by atoms with E-state index in [4.69, 9.17) is 5.73 Å². The lowest BCUT2D eigenvalue weighted by molar-refractivity contribution is 0.674. The summed E-state index contributed by atoms with van der Waals surface area (Å²) < 4.78 is 0. The maximum atomic E-state index is 6.13. The molecule has 0 aliphatic heterocycles. The number of rotatable bonds is 1. The Balaban J connectivity index is 2.26. The standard InChI is InChI=1S/C13H15N3/c1-8-3-4-11-10(7-8)9(2)15-12(16-11)13(14)5-6-13/h3-4,7H,5-6,14H2,1-2H3. The Morgan fingerprint density at radius 2 is 1.94 bits per heavy atom. The summed E-state index contributed by atoms with van der Waals surface area (Å²) >= 11 is 0. The highest BCUT2D eigenvalue weighted by atomic mass is 15.0. The van der Waals surface area contributed by atoms with E-state index in [-0.39, 0.29) is 5.54 Å². The Hall–Kier alpha value is -1.48. The number of fused-ring (bicyclic) bond motifs is 1. The zero-order valence-corrected chi connectivity index (χ0v) is 9.62. The minimum atomic E-state index is -0.246. The average molecular weight is 213 g/mol. The number of nitrogens with zero attached hydrogens (tertiary/aromatic N) is 2. The molecule has 0 radical (unpaired) electrons. The summed E-state index contributed by atoms with van der Waals surface area (Å²) in [4.78, 5) is 9.11. The summed E-state index contributed by atoms with van der Waals surface area (Å²) in [5.74, 6) is 0.807. The van der Waals surface area contributed by atoms with Crippen molar-refractivity contribution in [1.82, 2.24) is 9.97 Å². The normalized spacial score (nSPS) is 17.7. The van der Waals surface area contributed by atoms with Crippen LogP contribution in [-0.4, -0.2) is 9.97 Å². The van der Waals surface area contributed by atoms with E-state index < -0.39 is 0 Å². The highest BCUT2D eigenvalue weighted by molar-refractivity contribution is 5.81. The van der Waals surface area contributed by atoms with Crippen LogP contribution < -0.4 is 5.73 Å². The van der Waals surface area contributed by atoms with E-state index in [9.17, 15) is 0 Å². The van der Waals surface area contributed by atoms with Crippen LogP contribution in [-0.2, 0) is 5.54 Å². The van der Waals surface area contributed by atoms with Gasteiger partial charge in [-0.3, -0.25) is 0 Å². The fourth-order valence-corrected chi connectivity index (χ4v) is 1.98. The summed E-state index contributed by atoms with van der Waals surface area (Å²) in [5, 5.41) is 1.13. The van der Waals surface area contributed by atoms with Crippen molar-refractivity contribution in [2.75, 3.05) is 0 Å². The first kappa shape index (κ1) is 9.73. The Kier molecular flexibility index (Phi) is 1.83. The second-order valence-electron chi connectivity index (χ2n) is 4.81. The fourth-order valence-electron chi connectivity index (χ4n) is 1.98. The van der Waals surface area contributed by atoms with Crippen LogP contribution in [0.2, 0.25) is 0 Å². The molecule has 0 atom stereocenters. The minimum absolute atomic E-state index is 0.246. The number of benzene rings is 1. The van der Waals surface area contributed by atoms with Gasteiger partial charge in [0.05, 0.1) is 11.1 Å². The molecule has 2 aromatic rings. The van der Waals surface area contributed by atoms with E-state index in [0.717, 1.165) is 35.3 Å². The lowest BCUT2D eigenvalue weighted by Crippen LogP contribution is -2.22. The van der Waals surface area contributed by atoms with Gasteiger partial charge < -0.3 is 5.73 Å². The van der Waals surface area contributed by atoms with Gasteiger partial charge in [-0.15, -0.1) is 0 Å². The molecule has 1 fully saturated rings. The van der Waals surface area contributed by atoms with Crippen LogP contribution in [0.1, 0.15) is 29.9 Å². The third-order valence-corrected chi connectivity index (χ3v) is 3.28. The van der Waals surface area contributed by atoms with E-state index in [1.165, 1.54) is 5.56 Å². The lowest BCUT2D eigenvalue weighted by atomic mass is 10.1. The molecule has 3 heteroatoms. The third-order valence-electron chi connectivity index (χ3n) is 3.28. The molecule has 0 saturated heterocycles. The molecule has 3 rings (SSSR count). The summed E-state index contributed by atoms with van der Waals surface area (Å²) in [6.45, 7) is 4.11. The van der Waals surface area contributed by atoms with Crippen molar-refractivity contribution in [3.63, 3.8) is 0 Å². The SMILES string of the molecule is Cc1ccc2nc(C3(N)CC3)nc(C)c2c1. The summed E-state index contributed by atoms with van der Waals surface area (Å²) in [5.41, 5.74) is 9.16. The number of nitrogens with two attached hydrogens (primary N) is 1. The molecule has 1 aromatic carbocycles. The van der Waals surface area contributed by atoms with E-state index in [1.54, 1.807) is 0 Å². The van der Waals surface area contributed by atoms with Crippen LogP contribution >= 0.6 is 0 Å². The van der Waals surface area contributed by atoms with Crippen molar-refractivity contribution >= 4 is 10.9 Å². The van der Waals surface area contributed by atoms with Gasteiger partial charge >= 0.3 is 0 Å². The average Bonchev–Trinajstić information content (AvgIpc) is 2.99. The van der Waals surface area contributed by atoms with Crippen LogP contribution in [0.15, 0.2) is 18.2 Å². The quantitative estimate of drug-likeness (QED) is 0.790. The van der Waals surface area contributed by atoms with Crippen molar-refractivity contribution in [1.29, 1.82) is 0 Å². The number of aryl methyl sites for hydroxylation is 2. The van der Waals surface area contributed by atoms with Gasteiger partial charge in [0.25, 0.3) is 0 Å². The number of aromatic nitrogens is 2. The summed E-state index contributed by atoms with van der Waals surface area (Å²) in [6.07, 6.45) is 2.01. The lowest BCUT2D eigenvalue weighted by Gasteiger charge is -2.10. The molecular formula is C13H15N3. The van der Waals surface area contributed by atoms with Crippen molar-refractivity contribution in [3.05, 3.63) is 35.3 Å². The monoisotopic (exact) mass is 213 g/mol. The molecule has 2 N–H and O–H groups in total. The zero-order valence-electron chi connectivity index (χ0n) is 9.62. The summed E-state index contributed by atoms with van der Waals surface area (Å²) in [7, 11) is 0. The molecule has 3 nitrogen and oxygen atoms in total. The molecule has 0 spiro atoms. The van der Waals surface area contributed by atoms with Gasteiger partial charge in [0.1, 0.15) is 5.82 Å². The van der Waals surface area contributed by atoms with E-state index in [0.29, 0.717) is 0 Å². The van der Waals surface area contributed by atoms with Crippen molar-refractivity contribution in [2.24, 2.45) is 5.73 Å². The molecule has 0 unspecified atom stereocenters. The Morgan fingerprint density at radius 3 is 2.62 bits per heavy atom. The van der Waals surface area contributed by atoms with Crippen molar-refractivity contribution in [2.45, 2.75) is 32.2 Å². The van der Waals surface area contributed by atoms with Crippen LogP contribution in [0.5, 0.6) is 0 Å². The Labute approximate surface area is 94.7 Å². The van der Waals surface area contributed by atoms with Gasteiger partial charge in [-0.05, 0) is 38.8 Å². The second kappa shape index (κ2) is 3.01. The van der Waals surface area contributed by atoms with E-state index >= 15 is 0 Å². The molecule has 1 aliphatic carbocycles. The van der Waals surface area contributed by atoms with Crippen LogP contribution in [0, 0.1) is 13.8 Å². The molecule has 1 aliphatic rings. The van der Waals surface area contributed by atoms with E-state index in [2.05, 4.69) is 35.1 Å².